The lowest BCUT2D eigenvalue weighted by Crippen LogP contribution is -2.31. The van der Waals surface area contributed by atoms with Crippen LogP contribution in [-0.4, -0.2) is 23.3 Å². The summed E-state index contributed by atoms with van der Waals surface area (Å²) in [5, 5.41) is 30.2. The second-order valence-corrected chi connectivity index (χ2v) is 18.4. The zero-order valence-electron chi connectivity index (χ0n) is 29.7. The van der Waals surface area contributed by atoms with Gasteiger partial charge in [-0.05, 0) is 73.5 Å². The Bertz CT molecular complexity index is 2230. The molecule has 6 aromatic carbocycles. The van der Waals surface area contributed by atoms with E-state index >= 15 is 9.13 Å². The van der Waals surface area contributed by atoms with Crippen molar-refractivity contribution in [1.29, 1.82) is 0 Å². The summed E-state index contributed by atoms with van der Waals surface area (Å²) in [6, 6.07) is 44.5. The smallest absolute Gasteiger partial charge is 0.298 e. The first kappa shape index (κ1) is 35.9. The molecule has 2 aliphatic heterocycles. The Kier molecular flexibility index (Phi) is 10.2. The highest BCUT2D eigenvalue weighted by Gasteiger charge is 2.46. The van der Waals surface area contributed by atoms with Crippen LogP contribution >= 0.6 is 14.7 Å². The maximum atomic E-state index is 15.1. The van der Waals surface area contributed by atoms with Crippen LogP contribution in [0.2, 0.25) is 0 Å². The number of phenolic OH excluding ortho intramolecular Hbond substituents is 2. The number of hydrogen-bond donors (Lipinski definition) is 4. The molecule has 0 radical (unpaired) electrons. The first-order valence-corrected chi connectivity index (χ1v) is 21.8. The monoisotopic (exact) mass is 756 g/mol. The van der Waals surface area contributed by atoms with Gasteiger partial charge in [0, 0.05) is 22.3 Å². The first-order chi connectivity index (χ1) is 26.4. The van der Waals surface area contributed by atoms with E-state index in [0.29, 0.717) is 46.3 Å². The Hall–Kier alpha value is -5.10. The van der Waals surface area contributed by atoms with Gasteiger partial charge in [0.2, 0.25) is 0 Å². The molecular formula is C44H42N2O6P2. The molecule has 0 spiro atoms. The van der Waals surface area contributed by atoms with Crippen molar-refractivity contribution in [2.24, 2.45) is 0 Å². The maximum Gasteiger partial charge on any atom is 0.298 e. The molecule has 0 fully saturated rings. The molecule has 0 saturated heterocycles. The summed E-state index contributed by atoms with van der Waals surface area (Å²) < 4.78 is 43.1. The standard InChI is InChI=1S/C44H42N2O6P2/c47-37-23-9-3-21-35(37)43(53(49)41-27-13-7-19-33(41)31-17-5-11-25-39(31)51-53)45-29-15-1-2-16-30-46-44(36-22-4-10-24-38(36)48)54(50)42-28-14-8-20-34(42)32-18-6-12-26-40(32)52-54/h3-14,17-28,43-48H,1-2,15-16,29-30H2. The van der Waals surface area contributed by atoms with Crippen LogP contribution in [0.15, 0.2) is 146 Å². The summed E-state index contributed by atoms with van der Waals surface area (Å²) in [7, 11) is -7.22. The Balaban J connectivity index is 0.949. The third-order valence-electron chi connectivity index (χ3n) is 10.2. The Morgan fingerprint density at radius 1 is 0.444 bits per heavy atom. The van der Waals surface area contributed by atoms with Gasteiger partial charge >= 0.3 is 0 Å². The van der Waals surface area contributed by atoms with Crippen molar-refractivity contribution in [3.8, 4) is 45.3 Å². The normalized spacial score (nSPS) is 19.2. The summed E-state index contributed by atoms with van der Waals surface area (Å²) >= 11 is 0. The fourth-order valence-corrected chi connectivity index (χ4v) is 13.0. The number of benzene rings is 6. The molecule has 4 unspecified atom stereocenters. The molecule has 4 atom stereocenters. The van der Waals surface area contributed by atoms with Gasteiger partial charge in [0.1, 0.15) is 34.6 Å². The molecular weight excluding hydrogens is 714 g/mol. The van der Waals surface area contributed by atoms with Crippen LogP contribution in [0.1, 0.15) is 48.4 Å². The van der Waals surface area contributed by atoms with Crippen molar-refractivity contribution in [3.63, 3.8) is 0 Å². The van der Waals surface area contributed by atoms with Crippen molar-refractivity contribution in [2.45, 2.75) is 37.2 Å². The number of unbranched alkanes of at least 4 members (excludes halogenated alkanes) is 3. The number of nitrogens with one attached hydrogen (secondary N) is 2. The molecule has 0 saturated carbocycles. The Morgan fingerprint density at radius 3 is 1.22 bits per heavy atom. The summed E-state index contributed by atoms with van der Waals surface area (Å²) in [5.74, 6) is -0.301. The van der Waals surface area contributed by atoms with E-state index < -0.39 is 26.3 Å². The van der Waals surface area contributed by atoms with E-state index in [-0.39, 0.29) is 11.5 Å². The van der Waals surface area contributed by atoms with E-state index in [1.165, 1.54) is 0 Å². The maximum absolute atomic E-state index is 15.1. The second kappa shape index (κ2) is 15.3. The van der Waals surface area contributed by atoms with E-state index in [0.717, 1.165) is 47.9 Å². The van der Waals surface area contributed by atoms with Gasteiger partial charge in [0.05, 0.1) is 10.6 Å². The van der Waals surface area contributed by atoms with E-state index in [9.17, 15) is 10.2 Å². The van der Waals surface area contributed by atoms with Crippen LogP contribution in [0, 0.1) is 0 Å². The first-order valence-electron chi connectivity index (χ1n) is 18.4. The molecule has 0 amide bonds. The van der Waals surface area contributed by atoms with Crippen LogP contribution in [-0.2, 0) is 9.13 Å². The van der Waals surface area contributed by atoms with Gasteiger partial charge in [-0.2, -0.15) is 0 Å². The zero-order chi connectivity index (χ0) is 37.1. The summed E-state index contributed by atoms with van der Waals surface area (Å²) in [4.78, 5) is 0. The Morgan fingerprint density at radius 2 is 0.796 bits per heavy atom. The highest BCUT2D eigenvalue weighted by atomic mass is 31.2. The highest BCUT2D eigenvalue weighted by Crippen LogP contribution is 2.64. The number of fused-ring (bicyclic) bond motifs is 6. The predicted octanol–water partition coefficient (Wildman–Crippen LogP) is 9.86. The minimum Gasteiger partial charge on any atom is -0.508 e. The van der Waals surface area contributed by atoms with Crippen LogP contribution in [0.3, 0.4) is 0 Å². The van der Waals surface area contributed by atoms with Gasteiger partial charge in [0.25, 0.3) is 14.7 Å². The number of hydrogen-bond acceptors (Lipinski definition) is 8. The van der Waals surface area contributed by atoms with Crippen molar-refractivity contribution >= 4 is 25.3 Å². The fourth-order valence-electron chi connectivity index (χ4n) is 7.60. The van der Waals surface area contributed by atoms with Gasteiger partial charge in [-0.1, -0.05) is 122 Å². The van der Waals surface area contributed by atoms with Crippen molar-refractivity contribution in [3.05, 3.63) is 157 Å². The third-order valence-corrected chi connectivity index (χ3v) is 15.6. The molecule has 2 aliphatic rings. The van der Waals surface area contributed by atoms with Gasteiger partial charge < -0.3 is 29.9 Å². The molecule has 10 heteroatoms. The number of rotatable bonds is 13. The van der Waals surface area contributed by atoms with E-state index in [1.54, 1.807) is 36.4 Å². The van der Waals surface area contributed by atoms with Crippen LogP contribution in [0.25, 0.3) is 22.3 Å². The van der Waals surface area contributed by atoms with Crippen LogP contribution in [0.5, 0.6) is 23.0 Å². The lowest BCUT2D eigenvalue weighted by molar-refractivity contribution is 0.435. The van der Waals surface area contributed by atoms with E-state index in [2.05, 4.69) is 10.6 Å². The lowest BCUT2D eigenvalue weighted by atomic mass is 10.0. The topological polar surface area (TPSA) is 117 Å². The quantitative estimate of drug-likeness (QED) is 0.0680. The molecule has 2 heterocycles. The van der Waals surface area contributed by atoms with Crippen molar-refractivity contribution in [1.82, 2.24) is 10.6 Å². The SMILES string of the molecule is O=P1(C(NCCCCCCNC(c2ccccc2O)P2(=O)Oc3ccccc3-c3ccccc32)c2ccccc2O)Oc2ccccc2-c2ccccc21. The molecule has 4 N–H and O–H groups in total. The average Bonchev–Trinajstić information content (AvgIpc) is 3.20. The second-order valence-electron chi connectivity index (χ2n) is 13.6. The summed E-state index contributed by atoms with van der Waals surface area (Å²) in [6.07, 6.45) is 3.32. The fraction of sp³-hybridized carbons (Fsp3) is 0.182. The minimum absolute atomic E-state index is 0.0577. The van der Waals surface area contributed by atoms with Crippen molar-refractivity contribution < 1.29 is 28.4 Å². The summed E-state index contributed by atoms with van der Waals surface area (Å²) in [6.45, 7) is 1.09. The molecule has 8 nitrogen and oxygen atoms in total. The van der Waals surface area contributed by atoms with Gasteiger partial charge in [0.15, 0.2) is 0 Å². The van der Waals surface area contributed by atoms with Gasteiger partial charge in [-0.25, -0.2) is 0 Å². The average molecular weight is 757 g/mol. The molecule has 274 valence electrons. The molecule has 6 aromatic rings. The number of phenols is 2. The Labute approximate surface area is 315 Å². The van der Waals surface area contributed by atoms with Gasteiger partial charge in [-0.3, -0.25) is 9.13 Å². The van der Waals surface area contributed by atoms with E-state index in [4.69, 9.17) is 9.05 Å². The summed E-state index contributed by atoms with van der Waals surface area (Å²) in [5.41, 5.74) is 4.57. The third kappa shape index (κ3) is 6.65. The number of aromatic hydroxyl groups is 2. The largest absolute Gasteiger partial charge is 0.508 e. The minimum atomic E-state index is -3.61. The predicted molar refractivity (Wildman–Crippen MR) is 216 cm³/mol. The molecule has 54 heavy (non-hydrogen) atoms. The van der Waals surface area contributed by atoms with Crippen molar-refractivity contribution in [2.75, 3.05) is 13.1 Å². The molecule has 0 bridgehead atoms. The van der Waals surface area contributed by atoms with Crippen LogP contribution < -0.4 is 30.3 Å². The zero-order valence-corrected chi connectivity index (χ0v) is 31.5. The van der Waals surface area contributed by atoms with Gasteiger partial charge in [-0.15, -0.1) is 0 Å². The molecule has 8 rings (SSSR count). The molecule has 0 aliphatic carbocycles. The highest BCUT2D eigenvalue weighted by molar-refractivity contribution is 7.68. The van der Waals surface area contributed by atoms with Crippen LogP contribution in [0.4, 0.5) is 0 Å². The van der Waals surface area contributed by atoms with E-state index in [1.807, 2.05) is 109 Å². The number of para-hydroxylation sites is 4. The lowest BCUT2D eigenvalue weighted by Gasteiger charge is -2.35. The molecule has 0 aromatic heterocycles.